The van der Waals surface area contributed by atoms with Crippen LogP contribution in [0.15, 0.2) is 45.3 Å². The second-order valence-corrected chi connectivity index (χ2v) is 7.47. The van der Waals surface area contributed by atoms with Gasteiger partial charge >= 0.3 is 5.69 Å². The SMILES string of the molecule is CC(C)Cn1c(=O)c2sccc2n(CC(=O)Nc2cccc(C#N)c2)c1=O. The second kappa shape index (κ2) is 7.60. The molecule has 3 aromatic rings. The van der Waals surface area contributed by atoms with Gasteiger partial charge in [-0.05, 0) is 35.6 Å². The number of aromatic nitrogens is 2. The minimum absolute atomic E-state index is 0.115. The van der Waals surface area contributed by atoms with E-state index in [2.05, 4.69) is 5.32 Å². The summed E-state index contributed by atoms with van der Waals surface area (Å²) in [5, 5.41) is 13.4. The summed E-state index contributed by atoms with van der Waals surface area (Å²) in [6.07, 6.45) is 0. The maximum Gasteiger partial charge on any atom is 0.332 e. The van der Waals surface area contributed by atoms with Crippen molar-refractivity contribution in [1.82, 2.24) is 9.13 Å². The zero-order valence-electron chi connectivity index (χ0n) is 14.9. The Kier molecular flexibility index (Phi) is 5.23. The molecule has 8 heteroatoms. The molecule has 0 saturated carbocycles. The number of amides is 1. The van der Waals surface area contributed by atoms with Crippen molar-refractivity contribution in [3.63, 3.8) is 0 Å². The lowest BCUT2D eigenvalue weighted by atomic mass is 10.2. The van der Waals surface area contributed by atoms with E-state index in [1.54, 1.807) is 35.7 Å². The molecular weight excluding hydrogens is 364 g/mol. The number of anilines is 1. The number of fused-ring (bicyclic) bond motifs is 1. The van der Waals surface area contributed by atoms with Crippen LogP contribution < -0.4 is 16.6 Å². The fourth-order valence-corrected chi connectivity index (χ4v) is 3.67. The highest BCUT2D eigenvalue weighted by Gasteiger charge is 2.17. The van der Waals surface area contributed by atoms with E-state index in [0.717, 1.165) is 0 Å². The predicted molar refractivity (Wildman–Crippen MR) is 105 cm³/mol. The first-order valence-electron chi connectivity index (χ1n) is 8.41. The molecule has 0 saturated heterocycles. The van der Waals surface area contributed by atoms with Crippen LogP contribution in [0.25, 0.3) is 10.2 Å². The van der Waals surface area contributed by atoms with E-state index in [0.29, 0.717) is 21.5 Å². The number of carbonyl (C=O) groups is 1. The quantitative estimate of drug-likeness (QED) is 0.733. The molecule has 0 atom stereocenters. The molecule has 0 bridgehead atoms. The summed E-state index contributed by atoms with van der Waals surface area (Å²) in [6.45, 7) is 3.91. The molecule has 0 unspecified atom stereocenters. The molecule has 1 N–H and O–H groups in total. The molecule has 27 heavy (non-hydrogen) atoms. The summed E-state index contributed by atoms with van der Waals surface area (Å²) in [7, 11) is 0. The number of thiophene rings is 1. The monoisotopic (exact) mass is 382 g/mol. The number of nitriles is 1. The fourth-order valence-electron chi connectivity index (χ4n) is 2.82. The number of hydrogen-bond acceptors (Lipinski definition) is 5. The Hall–Kier alpha value is -3.18. The number of nitrogens with one attached hydrogen (secondary N) is 1. The topological polar surface area (TPSA) is 96.9 Å². The van der Waals surface area contributed by atoms with Crippen molar-refractivity contribution < 1.29 is 4.79 Å². The third kappa shape index (κ3) is 3.83. The maximum atomic E-state index is 12.8. The average molecular weight is 382 g/mol. The summed E-state index contributed by atoms with van der Waals surface area (Å²) in [5.41, 5.74) is 0.536. The van der Waals surface area contributed by atoms with E-state index in [-0.39, 0.29) is 24.6 Å². The molecule has 0 aliphatic carbocycles. The first-order chi connectivity index (χ1) is 12.9. The molecule has 1 amide bonds. The number of carbonyl (C=O) groups excluding carboxylic acids is 1. The molecule has 138 valence electrons. The van der Waals surface area contributed by atoms with Crippen LogP contribution in [0.3, 0.4) is 0 Å². The highest BCUT2D eigenvalue weighted by molar-refractivity contribution is 7.17. The van der Waals surface area contributed by atoms with Crippen LogP contribution in [0.5, 0.6) is 0 Å². The van der Waals surface area contributed by atoms with E-state index < -0.39 is 11.6 Å². The highest BCUT2D eigenvalue weighted by Crippen LogP contribution is 2.16. The normalized spacial score (nSPS) is 10.9. The van der Waals surface area contributed by atoms with Crippen molar-refractivity contribution in [2.24, 2.45) is 5.92 Å². The lowest BCUT2D eigenvalue weighted by Crippen LogP contribution is -2.42. The lowest BCUT2D eigenvalue weighted by Gasteiger charge is -2.13. The standard InChI is InChI=1S/C19H18N4O3S/c1-12(2)10-23-18(25)17-15(6-7-27-17)22(19(23)26)11-16(24)21-14-5-3-4-13(8-14)9-20/h3-8,12H,10-11H2,1-2H3,(H,21,24). The summed E-state index contributed by atoms with van der Waals surface area (Å²) < 4.78 is 2.96. The summed E-state index contributed by atoms with van der Waals surface area (Å²) >= 11 is 1.25. The fraction of sp³-hybridized carbons (Fsp3) is 0.263. The van der Waals surface area contributed by atoms with Crippen molar-refractivity contribution >= 4 is 33.1 Å². The number of rotatable bonds is 5. The van der Waals surface area contributed by atoms with Gasteiger partial charge in [0.2, 0.25) is 5.91 Å². The van der Waals surface area contributed by atoms with Crippen LogP contribution in [0.2, 0.25) is 0 Å². The number of hydrogen-bond donors (Lipinski definition) is 1. The lowest BCUT2D eigenvalue weighted by molar-refractivity contribution is -0.116. The van der Waals surface area contributed by atoms with Gasteiger partial charge in [0, 0.05) is 12.2 Å². The molecule has 0 radical (unpaired) electrons. The zero-order chi connectivity index (χ0) is 19.6. The molecule has 7 nitrogen and oxygen atoms in total. The van der Waals surface area contributed by atoms with Gasteiger partial charge in [-0.3, -0.25) is 18.7 Å². The van der Waals surface area contributed by atoms with Crippen molar-refractivity contribution in [2.75, 3.05) is 5.32 Å². The predicted octanol–water partition coefficient (Wildman–Crippen LogP) is 2.39. The largest absolute Gasteiger partial charge is 0.332 e. The third-order valence-electron chi connectivity index (χ3n) is 3.96. The smallest absolute Gasteiger partial charge is 0.324 e. The van der Waals surface area contributed by atoms with Crippen molar-refractivity contribution in [3.8, 4) is 6.07 Å². The molecule has 3 rings (SSSR count). The Morgan fingerprint density at radius 3 is 2.74 bits per heavy atom. The third-order valence-corrected chi connectivity index (χ3v) is 4.85. The van der Waals surface area contributed by atoms with Crippen molar-refractivity contribution in [1.29, 1.82) is 5.26 Å². The second-order valence-electron chi connectivity index (χ2n) is 6.55. The van der Waals surface area contributed by atoms with Gasteiger partial charge in [0.1, 0.15) is 11.2 Å². The first kappa shape index (κ1) is 18.6. The molecule has 0 fully saturated rings. The van der Waals surface area contributed by atoms with Gasteiger partial charge < -0.3 is 5.32 Å². The summed E-state index contributed by atoms with van der Waals surface area (Å²) in [5.74, 6) is -0.293. The Morgan fingerprint density at radius 2 is 2.04 bits per heavy atom. The minimum atomic E-state index is -0.500. The highest BCUT2D eigenvalue weighted by atomic mass is 32.1. The molecule has 0 aliphatic heterocycles. The molecule has 0 aliphatic rings. The van der Waals surface area contributed by atoms with Crippen LogP contribution in [0.1, 0.15) is 19.4 Å². The van der Waals surface area contributed by atoms with Gasteiger partial charge in [-0.2, -0.15) is 5.26 Å². The van der Waals surface area contributed by atoms with E-state index in [1.807, 2.05) is 19.9 Å². The van der Waals surface area contributed by atoms with Gasteiger partial charge in [0.15, 0.2) is 0 Å². The molecule has 2 aromatic heterocycles. The van der Waals surface area contributed by atoms with Gasteiger partial charge in [0.25, 0.3) is 5.56 Å². The minimum Gasteiger partial charge on any atom is -0.324 e. The summed E-state index contributed by atoms with van der Waals surface area (Å²) in [6, 6.07) is 10.2. The van der Waals surface area contributed by atoms with Crippen LogP contribution in [0.4, 0.5) is 5.69 Å². The van der Waals surface area contributed by atoms with Gasteiger partial charge in [0.05, 0.1) is 17.1 Å². The summed E-state index contributed by atoms with van der Waals surface area (Å²) in [4.78, 5) is 37.9. The molecule has 0 spiro atoms. The Bertz CT molecular complexity index is 1160. The number of benzene rings is 1. The molecule has 1 aromatic carbocycles. The Labute approximate surface area is 159 Å². The average Bonchev–Trinajstić information content (AvgIpc) is 3.12. The molecular formula is C19H18N4O3S. The van der Waals surface area contributed by atoms with Crippen molar-refractivity contribution in [3.05, 3.63) is 62.1 Å². The van der Waals surface area contributed by atoms with Crippen LogP contribution in [-0.2, 0) is 17.9 Å². The Balaban J connectivity index is 1.97. The maximum absolute atomic E-state index is 12.8. The van der Waals surface area contributed by atoms with E-state index in [9.17, 15) is 14.4 Å². The van der Waals surface area contributed by atoms with Crippen molar-refractivity contribution in [2.45, 2.75) is 26.9 Å². The van der Waals surface area contributed by atoms with Gasteiger partial charge in [-0.15, -0.1) is 11.3 Å². The van der Waals surface area contributed by atoms with Gasteiger partial charge in [-0.25, -0.2) is 4.79 Å². The molecule has 2 heterocycles. The van der Waals surface area contributed by atoms with Crippen LogP contribution in [0, 0.1) is 17.2 Å². The van der Waals surface area contributed by atoms with E-state index in [4.69, 9.17) is 5.26 Å². The first-order valence-corrected chi connectivity index (χ1v) is 9.29. The van der Waals surface area contributed by atoms with Crippen LogP contribution >= 0.6 is 11.3 Å². The number of nitrogens with zero attached hydrogens (tertiary/aromatic N) is 3. The van der Waals surface area contributed by atoms with E-state index >= 15 is 0 Å². The van der Waals surface area contributed by atoms with Gasteiger partial charge in [-0.1, -0.05) is 19.9 Å². The van der Waals surface area contributed by atoms with Crippen LogP contribution in [-0.4, -0.2) is 15.0 Å². The Morgan fingerprint density at radius 1 is 1.26 bits per heavy atom. The zero-order valence-corrected chi connectivity index (χ0v) is 15.7. The van der Waals surface area contributed by atoms with E-state index in [1.165, 1.54) is 20.5 Å².